The molecule has 0 N–H and O–H groups in total. The van der Waals surface area contributed by atoms with Crippen molar-refractivity contribution in [2.24, 2.45) is 5.10 Å². The third-order valence-corrected chi connectivity index (χ3v) is 5.93. The zero-order chi connectivity index (χ0) is 19.8. The quantitative estimate of drug-likeness (QED) is 0.577. The normalized spacial score (nSPS) is 23.3. The van der Waals surface area contributed by atoms with Gasteiger partial charge in [-0.3, -0.25) is 0 Å². The second-order valence-electron chi connectivity index (χ2n) is 7.29. The Morgan fingerprint density at radius 2 is 1.59 bits per heavy atom. The highest BCUT2D eigenvalue weighted by Crippen LogP contribution is 2.49. The maximum atomic E-state index is 13.2. The summed E-state index contributed by atoms with van der Waals surface area (Å²) in [5.41, 5.74) is 2.80. The van der Waals surface area contributed by atoms with E-state index < -0.39 is 5.54 Å². The average molecular weight is 403 g/mol. The van der Waals surface area contributed by atoms with Crippen LogP contribution in [0.15, 0.2) is 90.0 Å². The van der Waals surface area contributed by atoms with E-state index in [9.17, 15) is 4.79 Å². The summed E-state index contributed by atoms with van der Waals surface area (Å²) >= 11 is 6.14. The van der Waals surface area contributed by atoms with Gasteiger partial charge in [0.05, 0.1) is 23.9 Å². The van der Waals surface area contributed by atoms with Crippen molar-refractivity contribution in [2.75, 3.05) is 11.6 Å². The first-order valence-corrected chi connectivity index (χ1v) is 10.00. The van der Waals surface area contributed by atoms with Crippen molar-refractivity contribution in [3.8, 4) is 0 Å². The number of ether oxygens (including phenoxy) is 1. The van der Waals surface area contributed by atoms with Crippen LogP contribution < -0.4 is 5.01 Å². The van der Waals surface area contributed by atoms with Crippen LogP contribution in [0.5, 0.6) is 0 Å². The van der Waals surface area contributed by atoms with Crippen molar-refractivity contribution < 1.29 is 9.53 Å². The Morgan fingerprint density at radius 3 is 2.21 bits per heavy atom. The number of carbonyl (C=O) groups is 1. The van der Waals surface area contributed by atoms with E-state index in [-0.39, 0.29) is 11.9 Å². The van der Waals surface area contributed by atoms with Crippen LogP contribution in [-0.4, -0.2) is 23.8 Å². The third-order valence-electron chi connectivity index (χ3n) is 5.68. The van der Waals surface area contributed by atoms with Crippen LogP contribution in [0, 0.1) is 0 Å². The maximum Gasteiger partial charge on any atom is 0.335 e. The van der Waals surface area contributed by atoms with E-state index in [1.165, 1.54) is 0 Å². The van der Waals surface area contributed by atoms with E-state index in [1.807, 2.05) is 89.9 Å². The Kier molecular flexibility index (Phi) is 4.36. The molecule has 0 amide bonds. The van der Waals surface area contributed by atoms with Gasteiger partial charge in [-0.2, -0.15) is 5.10 Å². The van der Waals surface area contributed by atoms with Gasteiger partial charge in [0.15, 0.2) is 5.54 Å². The van der Waals surface area contributed by atoms with E-state index in [0.29, 0.717) is 18.1 Å². The molecule has 2 aliphatic heterocycles. The number of anilines is 1. The molecule has 2 heterocycles. The van der Waals surface area contributed by atoms with Gasteiger partial charge in [-0.25, -0.2) is 9.80 Å². The molecule has 0 bridgehead atoms. The lowest BCUT2D eigenvalue weighted by Gasteiger charge is -2.35. The molecular weight excluding hydrogens is 384 g/mol. The van der Waals surface area contributed by atoms with E-state index in [1.54, 1.807) is 0 Å². The number of rotatable bonds is 3. The van der Waals surface area contributed by atoms with Gasteiger partial charge in [0.1, 0.15) is 0 Å². The molecule has 2 aliphatic rings. The summed E-state index contributed by atoms with van der Waals surface area (Å²) in [7, 11) is 0. The van der Waals surface area contributed by atoms with E-state index in [2.05, 4.69) is 0 Å². The predicted molar refractivity (Wildman–Crippen MR) is 114 cm³/mol. The van der Waals surface area contributed by atoms with Crippen LogP contribution in [0.4, 0.5) is 5.69 Å². The van der Waals surface area contributed by atoms with Gasteiger partial charge >= 0.3 is 5.97 Å². The fourth-order valence-electron chi connectivity index (χ4n) is 4.36. The SMILES string of the molecule is O=C1OCC[C@@]12[C@H](c1ccc(Cl)cc1)C(c1ccccc1)=NN2c1ccccc1. The zero-order valence-corrected chi connectivity index (χ0v) is 16.4. The molecule has 3 aromatic carbocycles. The number of esters is 1. The zero-order valence-electron chi connectivity index (χ0n) is 15.7. The van der Waals surface area contributed by atoms with Crippen LogP contribution in [0.2, 0.25) is 5.02 Å². The summed E-state index contributed by atoms with van der Waals surface area (Å²) in [4.78, 5) is 13.2. The molecule has 0 aromatic heterocycles. The molecule has 5 heteroatoms. The van der Waals surface area contributed by atoms with Gasteiger partial charge in [-0.15, -0.1) is 0 Å². The van der Waals surface area contributed by atoms with Gasteiger partial charge in [0.2, 0.25) is 0 Å². The molecule has 4 nitrogen and oxygen atoms in total. The number of hydrogen-bond donors (Lipinski definition) is 0. The molecule has 5 rings (SSSR count). The lowest BCUT2D eigenvalue weighted by Crippen LogP contribution is -2.51. The lowest BCUT2D eigenvalue weighted by atomic mass is 9.74. The molecule has 0 unspecified atom stereocenters. The predicted octanol–water partition coefficient (Wildman–Crippen LogP) is 5.03. The molecule has 29 heavy (non-hydrogen) atoms. The van der Waals surface area contributed by atoms with Gasteiger partial charge in [-0.05, 0) is 35.4 Å². The molecule has 1 saturated heterocycles. The Hall–Kier alpha value is -3.11. The van der Waals surface area contributed by atoms with E-state index in [4.69, 9.17) is 21.4 Å². The lowest BCUT2D eigenvalue weighted by molar-refractivity contribution is -0.142. The molecule has 144 valence electrons. The van der Waals surface area contributed by atoms with Gasteiger partial charge in [-0.1, -0.05) is 72.3 Å². The van der Waals surface area contributed by atoms with Crippen molar-refractivity contribution in [2.45, 2.75) is 17.9 Å². The summed E-state index contributed by atoms with van der Waals surface area (Å²) < 4.78 is 5.52. The molecule has 0 radical (unpaired) electrons. The van der Waals surface area contributed by atoms with Crippen LogP contribution in [0.3, 0.4) is 0 Å². The number of benzene rings is 3. The minimum atomic E-state index is -0.916. The molecule has 0 saturated carbocycles. The first-order valence-electron chi connectivity index (χ1n) is 9.62. The topological polar surface area (TPSA) is 41.9 Å². The summed E-state index contributed by atoms with van der Waals surface area (Å²) in [6.45, 7) is 0.379. The molecule has 3 aromatic rings. The van der Waals surface area contributed by atoms with Crippen LogP contribution in [-0.2, 0) is 9.53 Å². The fourth-order valence-corrected chi connectivity index (χ4v) is 4.49. The summed E-state index contributed by atoms with van der Waals surface area (Å²) in [5.74, 6) is -0.506. The largest absolute Gasteiger partial charge is 0.464 e. The number of hydrazone groups is 1. The molecule has 1 spiro atoms. The summed E-state index contributed by atoms with van der Waals surface area (Å²) in [6, 6.07) is 27.5. The molecule has 1 fully saturated rings. The summed E-state index contributed by atoms with van der Waals surface area (Å²) in [5, 5.41) is 7.54. The van der Waals surface area contributed by atoms with Crippen molar-refractivity contribution in [3.05, 3.63) is 101 Å². The second-order valence-corrected chi connectivity index (χ2v) is 7.73. The molecule has 2 atom stereocenters. The van der Waals surface area contributed by atoms with Crippen molar-refractivity contribution in [3.63, 3.8) is 0 Å². The number of cyclic esters (lactones) is 1. The Bertz CT molecular complexity index is 1070. The van der Waals surface area contributed by atoms with Crippen LogP contribution in [0.25, 0.3) is 0 Å². The highest BCUT2D eigenvalue weighted by atomic mass is 35.5. The second kappa shape index (κ2) is 7.05. The van der Waals surface area contributed by atoms with Crippen LogP contribution in [0.1, 0.15) is 23.5 Å². The standard InChI is InChI=1S/C24H19ClN2O2/c25-19-13-11-17(12-14-19)21-22(18-7-3-1-4-8-18)26-27(20-9-5-2-6-10-20)24(21)15-16-29-23(24)28/h1-14,21H,15-16H2/t21-,24-/m1/s1. The van der Waals surface area contributed by atoms with Gasteiger partial charge in [0.25, 0.3) is 0 Å². The first kappa shape index (κ1) is 18.0. The third kappa shape index (κ3) is 2.83. The average Bonchev–Trinajstić information content (AvgIpc) is 3.31. The van der Waals surface area contributed by atoms with Crippen molar-refractivity contribution >= 4 is 29.0 Å². The number of hydrogen-bond acceptors (Lipinski definition) is 4. The fraction of sp³-hybridized carbons (Fsp3) is 0.167. The minimum Gasteiger partial charge on any atom is -0.464 e. The van der Waals surface area contributed by atoms with Crippen molar-refractivity contribution in [1.29, 1.82) is 0 Å². The maximum absolute atomic E-state index is 13.2. The number of carbonyl (C=O) groups excluding carboxylic acids is 1. The number of halogens is 1. The van der Waals surface area contributed by atoms with Gasteiger partial charge in [0, 0.05) is 11.4 Å². The number of nitrogens with zero attached hydrogens (tertiary/aromatic N) is 2. The summed E-state index contributed by atoms with van der Waals surface area (Å²) in [6.07, 6.45) is 0.563. The van der Waals surface area contributed by atoms with E-state index in [0.717, 1.165) is 22.5 Å². The Balaban J connectivity index is 1.75. The Labute approximate surface area is 174 Å². The molecular formula is C24H19ClN2O2. The van der Waals surface area contributed by atoms with Crippen molar-refractivity contribution in [1.82, 2.24) is 0 Å². The highest BCUT2D eigenvalue weighted by molar-refractivity contribution is 6.30. The minimum absolute atomic E-state index is 0.240. The van der Waals surface area contributed by atoms with E-state index >= 15 is 0 Å². The highest BCUT2D eigenvalue weighted by Gasteiger charge is 2.61. The van der Waals surface area contributed by atoms with Gasteiger partial charge < -0.3 is 4.74 Å². The first-order chi connectivity index (χ1) is 14.2. The smallest absolute Gasteiger partial charge is 0.335 e. The Morgan fingerprint density at radius 1 is 0.931 bits per heavy atom. The van der Waals surface area contributed by atoms with Crippen LogP contribution >= 0.6 is 11.6 Å². The molecule has 0 aliphatic carbocycles. The monoisotopic (exact) mass is 402 g/mol. The number of para-hydroxylation sites is 1.